The number of ether oxygens (including phenoxy) is 2. The fourth-order valence-electron chi connectivity index (χ4n) is 7.34. The van der Waals surface area contributed by atoms with Crippen LogP contribution in [-0.4, -0.2) is 19.0 Å². The predicted octanol–water partition coefficient (Wildman–Crippen LogP) is 7.13. The molecule has 5 aliphatic rings. The molecule has 0 N–H and O–H groups in total. The lowest BCUT2D eigenvalue weighted by molar-refractivity contribution is -0.184. The highest BCUT2D eigenvalue weighted by Gasteiger charge is 2.58. The van der Waals surface area contributed by atoms with Crippen LogP contribution >= 0.6 is 0 Å². The molecule has 156 valence electrons. The lowest BCUT2D eigenvalue weighted by Crippen LogP contribution is -2.51. The average molecular weight is 377 g/mol. The minimum atomic E-state index is -0.255. The summed E-state index contributed by atoms with van der Waals surface area (Å²) >= 11 is 0. The van der Waals surface area contributed by atoms with Gasteiger partial charge in [0.05, 0.1) is 13.2 Å². The first-order valence-electron chi connectivity index (χ1n) is 12.0. The van der Waals surface area contributed by atoms with Crippen molar-refractivity contribution >= 4 is 0 Å². The number of rotatable bonds is 0. The van der Waals surface area contributed by atoms with Gasteiger partial charge in [-0.1, -0.05) is 59.6 Å². The van der Waals surface area contributed by atoms with Gasteiger partial charge < -0.3 is 9.47 Å². The summed E-state index contributed by atoms with van der Waals surface area (Å²) in [6.07, 6.45) is 14.7. The molecule has 0 bridgehead atoms. The molecule has 1 saturated heterocycles. The van der Waals surface area contributed by atoms with Crippen molar-refractivity contribution in [3.63, 3.8) is 0 Å². The summed E-state index contributed by atoms with van der Waals surface area (Å²) in [7, 11) is 0. The second kappa shape index (κ2) is 8.19. The molecule has 1 heterocycles. The molecule has 0 aromatic rings. The first-order valence-corrected chi connectivity index (χ1v) is 12.0. The average Bonchev–Trinajstić information content (AvgIpc) is 3.32. The van der Waals surface area contributed by atoms with Crippen LogP contribution in [0.25, 0.3) is 0 Å². The zero-order valence-electron chi connectivity index (χ0n) is 18.9. The van der Waals surface area contributed by atoms with Crippen LogP contribution in [0.3, 0.4) is 0 Å². The van der Waals surface area contributed by atoms with E-state index >= 15 is 0 Å². The third-order valence-electron chi connectivity index (χ3n) is 8.71. The van der Waals surface area contributed by atoms with E-state index in [4.69, 9.17) is 9.47 Å². The topological polar surface area (TPSA) is 18.5 Å². The lowest BCUT2D eigenvalue weighted by atomic mass is 9.48. The van der Waals surface area contributed by atoms with Gasteiger partial charge in [-0.2, -0.15) is 0 Å². The van der Waals surface area contributed by atoms with Crippen LogP contribution in [0.2, 0.25) is 0 Å². The Bertz CT molecular complexity index is 532. The molecule has 0 radical (unpaired) electrons. The van der Waals surface area contributed by atoms with Gasteiger partial charge in [0.1, 0.15) is 0 Å². The minimum absolute atomic E-state index is 0.255. The molecule has 3 saturated carbocycles. The van der Waals surface area contributed by atoms with Gasteiger partial charge in [0.2, 0.25) is 0 Å². The summed E-state index contributed by atoms with van der Waals surface area (Å²) in [5.41, 5.74) is 2.76. The molecule has 2 heteroatoms. The molecule has 27 heavy (non-hydrogen) atoms. The van der Waals surface area contributed by atoms with Gasteiger partial charge in [0.25, 0.3) is 0 Å². The zero-order valence-corrected chi connectivity index (χ0v) is 18.9. The van der Waals surface area contributed by atoms with Crippen molar-refractivity contribution in [2.75, 3.05) is 13.2 Å². The molecule has 1 aliphatic heterocycles. The van der Waals surface area contributed by atoms with E-state index in [-0.39, 0.29) is 5.79 Å². The van der Waals surface area contributed by atoms with Gasteiger partial charge in [-0.3, -0.25) is 0 Å². The Kier molecular flexibility index (Phi) is 6.48. The Labute approximate surface area is 168 Å². The largest absolute Gasteiger partial charge is 0.347 e. The first kappa shape index (κ1) is 21.4. The quantitative estimate of drug-likeness (QED) is 0.418. The van der Waals surface area contributed by atoms with Crippen molar-refractivity contribution in [2.45, 2.75) is 105 Å². The Hall–Kier alpha value is -0.340. The van der Waals surface area contributed by atoms with Crippen molar-refractivity contribution in [2.24, 2.45) is 28.6 Å². The standard InChI is InChI=1S/C21H32O2.2C2H6/c1-19-8-3-4-17(19)16-6-5-15-14-21(22-12-13-23-21)11-10-20(15,2)18(16)7-9-19;2*1-2/h5,16-18H,3-4,6-14H2,1-2H3;2*1-2H3. The summed E-state index contributed by atoms with van der Waals surface area (Å²) in [6, 6.07) is 0. The van der Waals surface area contributed by atoms with E-state index in [2.05, 4.69) is 19.9 Å². The summed E-state index contributed by atoms with van der Waals surface area (Å²) in [5.74, 6) is 2.60. The van der Waals surface area contributed by atoms with E-state index < -0.39 is 0 Å². The summed E-state index contributed by atoms with van der Waals surface area (Å²) in [6.45, 7) is 14.8. The third-order valence-corrected chi connectivity index (χ3v) is 8.71. The van der Waals surface area contributed by atoms with Crippen molar-refractivity contribution in [1.82, 2.24) is 0 Å². The van der Waals surface area contributed by atoms with Crippen LogP contribution < -0.4 is 0 Å². The van der Waals surface area contributed by atoms with Crippen molar-refractivity contribution in [3.8, 4) is 0 Å². The maximum Gasteiger partial charge on any atom is 0.172 e. The Morgan fingerprint density at radius 1 is 0.852 bits per heavy atom. The maximum absolute atomic E-state index is 6.03. The molecule has 5 unspecified atom stereocenters. The normalized spacial score (nSPS) is 43.9. The van der Waals surface area contributed by atoms with Crippen LogP contribution in [0, 0.1) is 28.6 Å². The highest BCUT2D eigenvalue weighted by molar-refractivity contribution is 5.26. The van der Waals surface area contributed by atoms with Crippen LogP contribution in [0.5, 0.6) is 0 Å². The SMILES string of the molecule is CC.CC.CC12CCCC1C1CC=C3CC4(CCC3(C)C1CC2)OCCO4. The smallest absolute Gasteiger partial charge is 0.172 e. The minimum Gasteiger partial charge on any atom is -0.347 e. The van der Waals surface area contributed by atoms with E-state index in [0.29, 0.717) is 10.8 Å². The fraction of sp³-hybridized carbons (Fsp3) is 0.920. The van der Waals surface area contributed by atoms with Crippen LogP contribution in [0.1, 0.15) is 99.3 Å². The van der Waals surface area contributed by atoms with Crippen molar-refractivity contribution in [3.05, 3.63) is 11.6 Å². The van der Waals surface area contributed by atoms with E-state index in [9.17, 15) is 0 Å². The molecule has 2 nitrogen and oxygen atoms in total. The highest BCUT2D eigenvalue weighted by atomic mass is 16.7. The summed E-state index contributed by atoms with van der Waals surface area (Å²) in [5, 5.41) is 0. The molecule has 4 fully saturated rings. The second-order valence-electron chi connectivity index (χ2n) is 9.63. The molecular weight excluding hydrogens is 332 g/mol. The van der Waals surface area contributed by atoms with E-state index in [0.717, 1.165) is 43.8 Å². The van der Waals surface area contributed by atoms with Gasteiger partial charge in [0.15, 0.2) is 5.79 Å². The second-order valence-corrected chi connectivity index (χ2v) is 9.63. The highest BCUT2D eigenvalue weighted by Crippen LogP contribution is 2.65. The molecular formula is C25H44O2. The van der Waals surface area contributed by atoms with Gasteiger partial charge in [-0.05, 0) is 67.1 Å². The number of hydrogen-bond donors (Lipinski definition) is 0. The Morgan fingerprint density at radius 3 is 2.26 bits per heavy atom. The van der Waals surface area contributed by atoms with Gasteiger partial charge in [-0.15, -0.1) is 0 Å². The van der Waals surface area contributed by atoms with E-state index in [1.807, 2.05) is 27.7 Å². The van der Waals surface area contributed by atoms with E-state index in [1.165, 1.54) is 44.9 Å². The number of hydrogen-bond acceptors (Lipinski definition) is 2. The molecule has 5 atom stereocenters. The van der Waals surface area contributed by atoms with Crippen molar-refractivity contribution in [1.29, 1.82) is 0 Å². The first-order chi connectivity index (χ1) is 13.0. The van der Waals surface area contributed by atoms with E-state index in [1.54, 1.807) is 5.57 Å². The molecule has 0 aromatic heterocycles. The van der Waals surface area contributed by atoms with Crippen LogP contribution in [0.15, 0.2) is 11.6 Å². The summed E-state index contributed by atoms with van der Waals surface area (Å²) < 4.78 is 12.1. The monoisotopic (exact) mass is 376 g/mol. The Balaban J connectivity index is 0.000000495. The van der Waals surface area contributed by atoms with Gasteiger partial charge in [0, 0.05) is 12.8 Å². The van der Waals surface area contributed by atoms with Gasteiger partial charge >= 0.3 is 0 Å². The third kappa shape index (κ3) is 3.44. The molecule has 0 amide bonds. The summed E-state index contributed by atoms with van der Waals surface area (Å²) in [4.78, 5) is 0. The lowest BCUT2D eigenvalue weighted by Gasteiger charge is -2.58. The maximum atomic E-state index is 6.03. The fourth-order valence-corrected chi connectivity index (χ4v) is 7.34. The molecule has 4 aliphatic carbocycles. The number of allylic oxidation sites excluding steroid dienone is 1. The predicted molar refractivity (Wildman–Crippen MR) is 114 cm³/mol. The zero-order chi connectivity index (χ0) is 19.7. The molecule has 1 spiro atoms. The number of fused-ring (bicyclic) bond motifs is 5. The Morgan fingerprint density at radius 2 is 1.56 bits per heavy atom. The van der Waals surface area contributed by atoms with Crippen molar-refractivity contribution < 1.29 is 9.47 Å². The van der Waals surface area contributed by atoms with Crippen LogP contribution in [0.4, 0.5) is 0 Å². The molecule has 5 rings (SSSR count). The van der Waals surface area contributed by atoms with Crippen LogP contribution in [-0.2, 0) is 9.47 Å². The van der Waals surface area contributed by atoms with Gasteiger partial charge in [-0.25, -0.2) is 0 Å². The molecule has 0 aromatic carbocycles.